The molecule has 1 aliphatic rings. The first-order chi connectivity index (χ1) is 9.70. The first-order valence-corrected chi connectivity index (χ1v) is 7.65. The summed E-state index contributed by atoms with van der Waals surface area (Å²) in [6.07, 6.45) is 3.74. The molecule has 1 fully saturated rings. The van der Waals surface area contributed by atoms with Crippen molar-refractivity contribution in [1.29, 1.82) is 0 Å². The third-order valence-corrected chi connectivity index (χ3v) is 3.99. The Balaban J connectivity index is 1.85. The zero-order chi connectivity index (χ0) is 14.4. The van der Waals surface area contributed by atoms with E-state index in [0.717, 1.165) is 37.6 Å². The average Bonchev–Trinajstić information content (AvgIpc) is 2.85. The Labute approximate surface area is 122 Å². The summed E-state index contributed by atoms with van der Waals surface area (Å²) in [5.74, 6) is 0.963. The highest BCUT2D eigenvalue weighted by molar-refractivity contribution is 5.36. The van der Waals surface area contributed by atoms with Gasteiger partial charge in [-0.1, -0.05) is 6.92 Å². The molecule has 5 heteroatoms. The van der Waals surface area contributed by atoms with Gasteiger partial charge >= 0.3 is 0 Å². The summed E-state index contributed by atoms with van der Waals surface area (Å²) >= 11 is 0. The van der Waals surface area contributed by atoms with Crippen molar-refractivity contribution in [3.63, 3.8) is 0 Å². The number of aromatic nitrogens is 2. The van der Waals surface area contributed by atoms with E-state index in [1.807, 2.05) is 0 Å². The molecule has 0 aromatic carbocycles. The van der Waals surface area contributed by atoms with Crippen LogP contribution in [-0.4, -0.2) is 54.9 Å². The quantitative estimate of drug-likeness (QED) is 0.765. The number of hydrogen-bond acceptors (Lipinski definition) is 5. The van der Waals surface area contributed by atoms with Gasteiger partial charge in [0.2, 0.25) is 0 Å². The predicted octanol–water partition coefficient (Wildman–Crippen LogP) is 1.51. The molecule has 0 spiro atoms. The molecule has 0 radical (unpaired) electrons. The second kappa shape index (κ2) is 7.55. The smallest absolute Gasteiger partial charge is 0.151 e. The van der Waals surface area contributed by atoms with Crippen LogP contribution in [0.4, 0.5) is 5.82 Å². The molecule has 20 heavy (non-hydrogen) atoms. The molecule has 0 aliphatic carbocycles. The molecule has 0 amide bonds. The maximum absolute atomic E-state index is 4.34. The molecular weight excluding hydrogens is 250 g/mol. The number of anilines is 1. The molecule has 0 saturated carbocycles. The van der Waals surface area contributed by atoms with E-state index in [-0.39, 0.29) is 0 Å². The lowest BCUT2D eigenvalue weighted by Gasteiger charge is -2.26. The molecule has 112 valence electrons. The Hall–Kier alpha value is -1.20. The molecule has 2 heterocycles. The van der Waals surface area contributed by atoms with Crippen LogP contribution in [0, 0.1) is 0 Å². The van der Waals surface area contributed by atoms with Gasteiger partial charge in [0, 0.05) is 26.2 Å². The van der Waals surface area contributed by atoms with Crippen molar-refractivity contribution in [1.82, 2.24) is 20.4 Å². The van der Waals surface area contributed by atoms with E-state index in [9.17, 15) is 0 Å². The van der Waals surface area contributed by atoms with Gasteiger partial charge in [-0.05, 0) is 51.5 Å². The molecule has 1 aliphatic heterocycles. The van der Waals surface area contributed by atoms with E-state index in [2.05, 4.69) is 58.5 Å². The van der Waals surface area contributed by atoms with Crippen LogP contribution in [0.5, 0.6) is 0 Å². The summed E-state index contributed by atoms with van der Waals surface area (Å²) in [7, 11) is 4.31. The van der Waals surface area contributed by atoms with Gasteiger partial charge in [-0.2, -0.15) is 5.10 Å². The molecule has 1 N–H and O–H groups in total. The third kappa shape index (κ3) is 4.15. The number of likely N-dealkylation sites (N-methyl/N-ethyl adjacent to an activating group) is 2. The van der Waals surface area contributed by atoms with Gasteiger partial charge in [-0.25, -0.2) is 0 Å². The predicted molar refractivity (Wildman–Crippen MR) is 83.0 cm³/mol. The minimum Gasteiger partial charge on any atom is -0.357 e. The van der Waals surface area contributed by atoms with Crippen LogP contribution >= 0.6 is 0 Å². The normalized spacial score (nSPS) is 19.4. The largest absolute Gasteiger partial charge is 0.357 e. The topological polar surface area (TPSA) is 44.3 Å². The fourth-order valence-corrected chi connectivity index (χ4v) is 2.66. The standard InChI is InChI=1S/C15H27N5/c1-4-9-16-11-13-7-8-15(18-17-13)20(3)12-14-6-5-10-19(14)2/h7-8,14,16H,4-6,9-12H2,1-3H3. The zero-order valence-electron chi connectivity index (χ0n) is 13.0. The summed E-state index contributed by atoms with van der Waals surface area (Å²) in [5.41, 5.74) is 1.01. The van der Waals surface area contributed by atoms with Crippen molar-refractivity contribution in [3.05, 3.63) is 17.8 Å². The minimum atomic E-state index is 0.646. The number of hydrogen-bond donors (Lipinski definition) is 1. The van der Waals surface area contributed by atoms with E-state index < -0.39 is 0 Å². The highest BCUT2D eigenvalue weighted by Gasteiger charge is 2.22. The highest BCUT2D eigenvalue weighted by Crippen LogP contribution is 2.17. The van der Waals surface area contributed by atoms with Crippen molar-refractivity contribution in [2.45, 2.75) is 38.8 Å². The molecule has 0 bridgehead atoms. The summed E-state index contributed by atoms with van der Waals surface area (Å²) in [4.78, 5) is 4.65. The first-order valence-electron chi connectivity index (χ1n) is 7.65. The second-order valence-corrected chi connectivity index (χ2v) is 5.72. The van der Waals surface area contributed by atoms with Crippen molar-refractivity contribution in [3.8, 4) is 0 Å². The molecule has 1 saturated heterocycles. The van der Waals surface area contributed by atoms with Crippen molar-refractivity contribution in [2.24, 2.45) is 0 Å². The Morgan fingerprint density at radius 3 is 2.85 bits per heavy atom. The summed E-state index contributed by atoms with van der Waals surface area (Å²) in [5, 5.41) is 12.0. The van der Waals surface area contributed by atoms with Crippen LogP contribution < -0.4 is 10.2 Å². The van der Waals surface area contributed by atoms with Crippen LogP contribution in [-0.2, 0) is 6.54 Å². The Bertz CT molecular complexity index is 392. The minimum absolute atomic E-state index is 0.646. The van der Waals surface area contributed by atoms with Gasteiger partial charge in [0.15, 0.2) is 5.82 Å². The summed E-state index contributed by atoms with van der Waals surface area (Å²) in [6.45, 7) is 6.23. The Morgan fingerprint density at radius 1 is 1.40 bits per heavy atom. The van der Waals surface area contributed by atoms with Crippen molar-refractivity contribution >= 4 is 5.82 Å². The van der Waals surface area contributed by atoms with Gasteiger partial charge < -0.3 is 15.1 Å². The molecule has 1 aromatic heterocycles. The lowest BCUT2D eigenvalue weighted by molar-refractivity contribution is 0.314. The highest BCUT2D eigenvalue weighted by atomic mass is 15.3. The van der Waals surface area contributed by atoms with Gasteiger partial charge in [0.25, 0.3) is 0 Å². The lowest BCUT2D eigenvalue weighted by Crippen LogP contribution is -2.37. The molecule has 1 atom stereocenters. The molecule has 2 rings (SSSR count). The van der Waals surface area contributed by atoms with Crippen LogP contribution in [0.25, 0.3) is 0 Å². The molecule has 1 unspecified atom stereocenters. The van der Waals surface area contributed by atoms with Crippen molar-refractivity contribution in [2.75, 3.05) is 38.6 Å². The Morgan fingerprint density at radius 2 is 2.25 bits per heavy atom. The van der Waals surface area contributed by atoms with Crippen LogP contribution in [0.3, 0.4) is 0 Å². The zero-order valence-corrected chi connectivity index (χ0v) is 13.0. The average molecular weight is 277 g/mol. The number of likely N-dealkylation sites (tertiary alicyclic amines) is 1. The first kappa shape index (κ1) is 15.2. The lowest BCUT2D eigenvalue weighted by atomic mass is 10.2. The van der Waals surface area contributed by atoms with E-state index in [1.54, 1.807) is 0 Å². The van der Waals surface area contributed by atoms with Gasteiger partial charge in [0.05, 0.1) is 5.69 Å². The van der Waals surface area contributed by atoms with Gasteiger partial charge in [-0.3, -0.25) is 0 Å². The number of nitrogens with one attached hydrogen (secondary N) is 1. The number of rotatable bonds is 7. The third-order valence-electron chi connectivity index (χ3n) is 3.99. The molecular formula is C15H27N5. The Kier molecular flexibility index (Phi) is 5.73. The maximum Gasteiger partial charge on any atom is 0.151 e. The van der Waals surface area contributed by atoms with E-state index in [1.165, 1.54) is 19.4 Å². The van der Waals surface area contributed by atoms with Crippen molar-refractivity contribution < 1.29 is 0 Å². The van der Waals surface area contributed by atoms with Crippen LogP contribution in [0.15, 0.2) is 12.1 Å². The van der Waals surface area contributed by atoms with E-state index in [4.69, 9.17) is 0 Å². The van der Waals surface area contributed by atoms with Crippen LogP contribution in [0.2, 0.25) is 0 Å². The van der Waals surface area contributed by atoms with Gasteiger partial charge in [0.1, 0.15) is 0 Å². The van der Waals surface area contributed by atoms with E-state index in [0.29, 0.717) is 6.04 Å². The molecule has 5 nitrogen and oxygen atoms in total. The van der Waals surface area contributed by atoms with Gasteiger partial charge in [-0.15, -0.1) is 5.10 Å². The van der Waals surface area contributed by atoms with E-state index >= 15 is 0 Å². The fraction of sp³-hybridized carbons (Fsp3) is 0.733. The fourth-order valence-electron chi connectivity index (χ4n) is 2.66. The number of nitrogens with zero attached hydrogens (tertiary/aromatic N) is 4. The van der Waals surface area contributed by atoms with Crippen LogP contribution in [0.1, 0.15) is 31.9 Å². The monoisotopic (exact) mass is 277 g/mol. The SMILES string of the molecule is CCCNCc1ccc(N(C)CC2CCCN2C)nn1. The maximum atomic E-state index is 4.34. The summed E-state index contributed by atoms with van der Waals surface area (Å²) in [6, 6.07) is 4.79. The summed E-state index contributed by atoms with van der Waals surface area (Å²) < 4.78 is 0. The second-order valence-electron chi connectivity index (χ2n) is 5.72. The molecule has 1 aromatic rings.